The number of nitrogens with zero attached hydrogens (tertiary/aromatic N) is 2. The van der Waals surface area contributed by atoms with Crippen LogP contribution in [0.25, 0.3) is 0 Å². The molecule has 2 aromatic rings. The van der Waals surface area contributed by atoms with Gasteiger partial charge in [-0.1, -0.05) is 48.5 Å². The lowest BCUT2D eigenvalue weighted by atomic mass is 10.0. The predicted molar refractivity (Wildman–Crippen MR) is 109 cm³/mol. The van der Waals surface area contributed by atoms with E-state index in [-0.39, 0.29) is 11.9 Å². The largest absolute Gasteiger partial charge is 0.309 e. The third-order valence-corrected chi connectivity index (χ3v) is 5.28. The molecule has 1 saturated heterocycles. The molecule has 138 valence electrons. The van der Waals surface area contributed by atoms with Crippen molar-refractivity contribution in [3.8, 4) is 0 Å². The molecule has 0 aliphatic carbocycles. The van der Waals surface area contributed by atoms with Gasteiger partial charge in [-0.2, -0.15) is 0 Å². The summed E-state index contributed by atoms with van der Waals surface area (Å²) in [7, 11) is 0. The molecule has 1 fully saturated rings. The van der Waals surface area contributed by atoms with Crippen LogP contribution < -0.4 is 4.90 Å². The second-order valence-corrected chi connectivity index (χ2v) is 7.22. The van der Waals surface area contributed by atoms with E-state index in [0.717, 1.165) is 44.6 Å². The Hall–Kier alpha value is -1.84. The lowest BCUT2D eigenvalue weighted by Crippen LogP contribution is -2.48. The van der Waals surface area contributed by atoms with Crippen molar-refractivity contribution in [3.63, 3.8) is 0 Å². The van der Waals surface area contributed by atoms with Gasteiger partial charge in [-0.15, -0.1) is 11.6 Å². The van der Waals surface area contributed by atoms with E-state index in [2.05, 4.69) is 35.2 Å². The van der Waals surface area contributed by atoms with Crippen LogP contribution in [0.2, 0.25) is 0 Å². The van der Waals surface area contributed by atoms with Crippen LogP contribution in [0.4, 0.5) is 5.69 Å². The Morgan fingerprint density at radius 3 is 2.23 bits per heavy atom. The minimum absolute atomic E-state index is 0.133. The van der Waals surface area contributed by atoms with Gasteiger partial charge < -0.3 is 9.80 Å². The normalized spacial score (nSPS) is 15.7. The minimum Gasteiger partial charge on any atom is -0.309 e. The van der Waals surface area contributed by atoms with Crippen LogP contribution in [-0.2, 0) is 11.2 Å². The van der Waals surface area contributed by atoms with E-state index in [4.69, 9.17) is 11.6 Å². The van der Waals surface area contributed by atoms with Gasteiger partial charge in [0, 0.05) is 43.7 Å². The van der Waals surface area contributed by atoms with Gasteiger partial charge in [-0.05, 0) is 37.0 Å². The molecular formula is C22H27ClN2O. The summed E-state index contributed by atoms with van der Waals surface area (Å²) in [6.07, 6.45) is 3.50. The number of rotatable bonds is 7. The van der Waals surface area contributed by atoms with Crippen LogP contribution in [0.5, 0.6) is 0 Å². The van der Waals surface area contributed by atoms with Crippen molar-refractivity contribution in [2.24, 2.45) is 0 Å². The molecule has 0 atom stereocenters. The molecule has 0 bridgehead atoms. The number of likely N-dealkylation sites (tertiary alicyclic amines) is 1. The first kappa shape index (κ1) is 18.9. The topological polar surface area (TPSA) is 23.6 Å². The molecular weight excluding hydrogens is 344 g/mol. The fraction of sp³-hybridized carbons (Fsp3) is 0.409. The van der Waals surface area contributed by atoms with E-state index in [1.807, 2.05) is 35.2 Å². The quantitative estimate of drug-likeness (QED) is 0.676. The van der Waals surface area contributed by atoms with Crippen molar-refractivity contribution >= 4 is 23.2 Å². The lowest BCUT2D eigenvalue weighted by molar-refractivity contribution is -0.118. The summed E-state index contributed by atoms with van der Waals surface area (Å²) in [6, 6.07) is 20.9. The number of anilines is 1. The summed E-state index contributed by atoms with van der Waals surface area (Å²) in [6.45, 7) is 3.15. The molecule has 0 spiro atoms. The van der Waals surface area contributed by atoms with Gasteiger partial charge >= 0.3 is 0 Å². The summed E-state index contributed by atoms with van der Waals surface area (Å²) in [5, 5.41) is 0. The Morgan fingerprint density at radius 2 is 1.62 bits per heavy atom. The second-order valence-electron chi connectivity index (χ2n) is 6.85. The van der Waals surface area contributed by atoms with Gasteiger partial charge in [0.2, 0.25) is 5.91 Å². The number of halogens is 1. The van der Waals surface area contributed by atoms with Crippen LogP contribution in [0.15, 0.2) is 60.7 Å². The highest BCUT2D eigenvalue weighted by molar-refractivity contribution is 6.19. The number of hydrogen-bond donors (Lipinski definition) is 0. The van der Waals surface area contributed by atoms with Crippen LogP contribution in [0.1, 0.15) is 24.8 Å². The number of alkyl halides is 1. The van der Waals surface area contributed by atoms with Crippen molar-refractivity contribution in [3.05, 3.63) is 66.2 Å². The van der Waals surface area contributed by atoms with Crippen LogP contribution in [0.3, 0.4) is 0 Å². The fourth-order valence-corrected chi connectivity index (χ4v) is 3.84. The van der Waals surface area contributed by atoms with Crippen LogP contribution >= 0.6 is 11.6 Å². The molecule has 26 heavy (non-hydrogen) atoms. The average Bonchev–Trinajstić information content (AvgIpc) is 2.69. The molecule has 0 aromatic heterocycles. The molecule has 0 N–H and O–H groups in total. The molecule has 4 heteroatoms. The molecule has 2 aromatic carbocycles. The Bertz CT molecular complexity index is 669. The molecule has 0 unspecified atom stereocenters. The van der Waals surface area contributed by atoms with E-state index >= 15 is 0 Å². The number of piperidine rings is 1. The molecule has 1 aliphatic rings. The van der Waals surface area contributed by atoms with Gasteiger partial charge in [0.1, 0.15) is 0 Å². The van der Waals surface area contributed by atoms with E-state index in [1.54, 1.807) is 0 Å². The second kappa shape index (κ2) is 9.75. The number of para-hydroxylation sites is 1. The van der Waals surface area contributed by atoms with Crippen molar-refractivity contribution < 1.29 is 4.79 Å². The highest BCUT2D eigenvalue weighted by atomic mass is 35.5. The molecule has 0 saturated carbocycles. The number of hydrogen-bond acceptors (Lipinski definition) is 2. The maximum absolute atomic E-state index is 12.7. The van der Waals surface area contributed by atoms with E-state index < -0.39 is 0 Å². The van der Waals surface area contributed by atoms with E-state index in [1.165, 1.54) is 5.56 Å². The molecule has 1 heterocycles. The number of amides is 1. The molecule has 1 amide bonds. The zero-order valence-electron chi connectivity index (χ0n) is 15.2. The highest BCUT2D eigenvalue weighted by Crippen LogP contribution is 2.25. The minimum atomic E-state index is 0.133. The Morgan fingerprint density at radius 1 is 1.00 bits per heavy atom. The lowest BCUT2D eigenvalue weighted by Gasteiger charge is -2.38. The average molecular weight is 371 g/mol. The van der Waals surface area contributed by atoms with E-state index in [0.29, 0.717) is 12.3 Å². The number of benzene rings is 2. The first-order valence-corrected chi connectivity index (χ1v) is 10.0. The smallest absolute Gasteiger partial charge is 0.228 e. The fourth-order valence-electron chi connectivity index (χ4n) is 3.68. The summed E-state index contributed by atoms with van der Waals surface area (Å²) in [5.41, 5.74) is 2.38. The zero-order chi connectivity index (χ0) is 18.2. The SMILES string of the molecule is O=C(CCCl)N(c1ccccc1)C1CCN(CCc2ccccc2)CC1. The van der Waals surface area contributed by atoms with Crippen molar-refractivity contribution in [2.75, 3.05) is 30.4 Å². The van der Waals surface area contributed by atoms with E-state index in [9.17, 15) is 4.79 Å². The standard InChI is InChI=1S/C22H27ClN2O/c23-15-11-22(26)25(20-9-5-2-6-10-20)21-13-17-24(18-14-21)16-12-19-7-3-1-4-8-19/h1-10,21H,11-18H2. The van der Waals surface area contributed by atoms with Crippen molar-refractivity contribution in [1.29, 1.82) is 0 Å². The Labute approximate surface area is 161 Å². The van der Waals surface area contributed by atoms with Crippen molar-refractivity contribution in [1.82, 2.24) is 4.90 Å². The van der Waals surface area contributed by atoms with Gasteiger partial charge in [-0.25, -0.2) is 0 Å². The third-order valence-electron chi connectivity index (χ3n) is 5.09. The predicted octanol–water partition coefficient (Wildman–Crippen LogP) is 4.36. The van der Waals surface area contributed by atoms with Gasteiger partial charge in [-0.3, -0.25) is 4.79 Å². The first-order valence-electron chi connectivity index (χ1n) is 9.47. The number of carbonyl (C=O) groups is 1. The summed E-state index contributed by atoms with van der Waals surface area (Å²) in [4.78, 5) is 17.2. The molecule has 0 radical (unpaired) electrons. The first-order chi connectivity index (χ1) is 12.8. The Balaban J connectivity index is 1.58. The highest BCUT2D eigenvalue weighted by Gasteiger charge is 2.28. The van der Waals surface area contributed by atoms with Crippen LogP contribution in [-0.4, -0.2) is 42.4 Å². The molecule has 1 aliphatic heterocycles. The summed E-state index contributed by atoms with van der Waals surface area (Å²) >= 11 is 5.83. The maximum atomic E-state index is 12.7. The third kappa shape index (κ3) is 5.09. The zero-order valence-corrected chi connectivity index (χ0v) is 15.9. The van der Waals surface area contributed by atoms with Gasteiger partial charge in [0.05, 0.1) is 0 Å². The maximum Gasteiger partial charge on any atom is 0.228 e. The van der Waals surface area contributed by atoms with Crippen LogP contribution in [0, 0.1) is 0 Å². The van der Waals surface area contributed by atoms with Gasteiger partial charge in [0.15, 0.2) is 0 Å². The molecule has 3 rings (SSSR count). The Kier molecular flexibility index (Phi) is 7.10. The summed E-state index contributed by atoms with van der Waals surface area (Å²) in [5.74, 6) is 0.506. The summed E-state index contributed by atoms with van der Waals surface area (Å²) < 4.78 is 0. The monoisotopic (exact) mass is 370 g/mol. The molecule has 3 nitrogen and oxygen atoms in total. The van der Waals surface area contributed by atoms with Crippen molar-refractivity contribution in [2.45, 2.75) is 31.7 Å². The number of carbonyl (C=O) groups excluding carboxylic acids is 1. The van der Waals surface area contributed by atoms with Gasteiger partial charge in [0.25, 0.3) is 0 Å².